The second-order valence-corrected chi connectivity index (χ2v) is 7.06. The van der Waals surface area contributed by atoms with E-state index < -0.39 is 5.76 Å². The van der Waals surface area contributed by atoms with Gasteiger partial charge in [0.05, 0.1) is 16.6 Å². The molecule has 5 rings (SSSR count). The lowest BCUT2D eigenvalue weighted by molar-refractivity contribution is -0.118. The van der Waals surface area contributed by atoms with E-state index >= 15 is 0 Å². The maximum Gasteiger partial charge on any atom is 0.419 e. The van der Waals surface area contributed by atoms with E-state index in [1.165, 1.54) is 4.57 Å². The first-order valence-corrected chi connectivity index (χ1v) is 9.48. The van der Waals surface area contributed by atoms with Gasteiger partial charge in [0, 0.05) is 33.1 Å². The highest BCUT2D eigenvalue weighted by molar-refractivity contribution is 5.97. The van der Waals surface area contributed by atoms with Crippen molar-refractivity contribution < 1.29 is 9.21 Å². The maximum atomic E-state index is 13.0. The molecule has 146 valence electrons. The number of aryl methyl sites for hydroxylation is 1. The lowest BCUT2D eigenvalue weighted by Crippen LogP contribution is -2.44. The van der Waals surface area contributed by atoms with Crippen LogP contribution in [-0.2, 0) is 11.3 Å². The summed E-state index contributed by atoms with van der Waals surface area (Å²) in [6, 6.07) is 14.8. The summed E-state index contributed by atoms with van der Waals surface area (Å²) < 4.78 is 6.75. The number of carbonyl (C=O) groups excluding carboxylic acids is 1. The van der Waals surface area contributed by atoms with Gasteiger partial charge in [-0.3, -0.25) is 14.3 Å². The summed E-state index contributed by atoms with van der Waals surface area (Å²) >= 11 is 0. The van der Waals surface area contributed by atoms with Crippen LogP contribution in [0.3, 0.4) is 0 Å². The highest BCUT2D eigenvalue weighted by Gasteiger charge is 2.28. The minimum absolute atomic E-state index is 0.0962. The Morgan fingerprint density at radius 2 is 1.69 bits per heavy atom. The van der Waals surface area contributed by atoms with E-state index in [1.54, 1.807) is 11.0 Å². The molecule has 4 aromatic rings. The molecule has 0 saturated carbocycles. The predicted octanol–water partition coefficient (Wildman–Crippen LogP) is 2.41. The number of rotatable bonds is 3. The minimum Gasteiger partial charge on any atom is -0.408 e. The molecule has 8 nitrogen and oxygen atoms in total. The summed E-state index contributed by atoms with van der Waals surface area (Å²) in [5.74, 6) is 0.700. The van der Waals surface area contributed by atoms with Crippen LogP contribution in [0.4, 0.5) is 11.6 Å². The van der Waals surface area contributed by atoms with E-state index in [1.807, 2.05) is 54.4 Å². The number of carbonyl (C=O) groups is 1. The fourth-order valence-corrected chi connectivity index (χ4v) is 3.69. The summed E-state index contributed by atoms with van der Waals surface area (Å²) in [5.41, 5.74) is 2.75. The van der Waals surface area contributed by atoms with Gasteiger partial charge in [-0.2, -0.15) is 0 Å². The third-order valence-electron chi connectivity index (χ3n) is 5.23. The van der Waals surface area contributed by atoms with E-state index in [-0.39, 0.29) is 18.9 Å². The van der Waals surface area contributed by atoms with Gasteiger partial charge in [0.15, 0.2) is 17.2 Å². The predicted molar refractivity (Wildman–Crippen MR) is 110 cm³/mol. The minimum atomic E-state index is -0.455. The van der Waals surface area contributed by atoms with E-state index in [0.29, 0.717) is 35.8 Å². The summed E-state index contributed by atoms with van der Waals surface area (Å²) in [4.78, 5) is 38.3. The van der Waals surface area contributed by atoms with Crippen LogP contribution in [0.15, 0.2) is 57.7 Å². The molecule has 3 heterocycles. The van der Waals surface area contributed by atoms with E-state index in [0.717, 1.165) is 11.0 Å². The van der Waals surface area contributed by atoms with Crippen molar-refractivity contribution in [3.8, 4) is 0 Å². The number of fused-ring (bicyclic) bond motifs is 3. The Morgan fingerprint density at radius 3 is 2.48 bits per heavy atom. The van der Waals surface area contributed by atoms with Gasteiger partial charge >= 0.3 is 5.76 Å². The number of likely N-dealkylation sites (N-methyl/N-ethyl adjacent to an activating group) is 1. The molecule has 8 heteroatoms. The first kappa shape index (κ1) is 17.4. The fourth-order valence-electron chi connectivity index (χ4n) is 3.69. The lowest BCUT2D eigenvalue weighted by atomic mass is 10.2. The second-order valence-electron chi connectivity index (χ2n) is 7.06. The van der Waals surface area contributed by atoms with Crippen LogP contribution in [-0.4, -0.2) is 40.6 Å². The monoisotopic (exact) mass is 389 g/mol. The zero-order chi connectivity index (χ0) is 20.0. The lowest BCUT2D eigenvalue weighted by Gasteiger charge is -2.33. The van der Waals surface area contributed by atoms with Gasteiger partial charge in [-0.05, 0) is 24.3 Å². The Balaban J connectivity index is 1.45. The van der Waals surface area contributed by atoms with Crippen LogP contribution in [0.2, 0.25) is 0 Å². The van der Waals surface area contributed by atoms with Crippen molar-refractivity contribution in [1.29, 1.82) is 0 Å². The molecule has 2 aromatic heterocycles. The Kier molecular flexibility index (Phi) is 4.04. The molecule has 0 fully saturated rings. The number of anilines is 2. The molecule has 1 aliphatic rings. The number of hydrogen-bond acceptors (Lipinski definition) is 6. The molecule has 0 unspecified atom stereocenters. The smallest absolute Gasteiger partial charge is 0.408 e. The Morgan fingerprint density at radius 1 is 1.00 bits per heavy atom. The van der Waals surface area contributed by atoms with Crippen LogP contribution in [0, 0.1) is 0 Å². The molecular formula is C21H19N5O3. The number of para-hydroxylation sites is 4. The highest BCUT2D eigenvalue weighted by atomic mass is 16.4. The molecule has 0 saturated heterocycles. The van der Waals surface area contributed by atoms with Crippen molar-refractivity contribution in [1.82, 2.24) is 14.5 Å². The standard InChI is InChI=1S/C21H19N5O3/c1-24-12-13-26(20-19(24)22-14-6-2-3-7-15(14)23-20)18(27)10-11-25-16-8-4-5-9-17(16)29-21(25)28/h2-9H,10-13H2,1H3. The molecule has 1 amide bonds. The third kappa shape index (κ3) is 2.93. The summed E-state index contributed by atoms with van der Waals surface area (Å²) in [6.07, 6.45) is 0.168. The molecular weight excluding hydrogens is 370 g/mol. The molecule has 0 spiro atoms. The fraction of sp³-hybridized carbons (Fsp3) is 0.238. The van der Waals surface area contributed by atoms with Crippen LogP contribution in [0.5, 0.6) is 0 Å². The number of hydrogen-bond donors (Lipinski definition) is 0. The zero-order valence-corrected chi connectivity index (χ0v) is 15.9. The largest absolute Gasteiger partial charge is 0.419 e. The van der Waals surface area contributed by atoms with Gasteiger partial charge in [0.2, 0.25) is 5.91 Å². The van der Waals surface area contributed by atoms with Gasteiger partial charge in [-0.15, -0.1) is 0 Å². The molecule has 0 aliphatic carbocycles. The number of aromatic nitrogens is 3. The average molecular weight is 389 g/mol. The number of benzene rings is 2. The SMILES string of the molecule is CN1CCN(C(=O)CCn2c(=O)oc3ccccc32)c2nc3ccccc3nc21. The van der Waals surface area contributed by atoms with Crippen LogP contribution >= 0.6 is 0 Å². The first-order chi connectivity index (χ1) is 14.1. The normalized spacial score (nSPS) is 13.8. The van der Waals surface area contributed by atoms with Gasteiger partial charge in [0.1, 0.15) is 0 Å². The molecule has 0 radical (unpaired) electrons. The van der Waals surface area contributed by atoms with Crippen LogP contribution in [0.1, 0.15) is 6.42 Å². The first-order valence-electron chi connectivity index (χ1n) is 9.48. The van der Waals surface area contributed by atoms with E-state index in [9.17, 15) is 9.59 Å². The Labute approximate surface area is 166 Å². The summed E-state index contributed by atoms with van der Waals surface area (Å²) in [7, 11) is 1.95. The summed E-state index contributed by atoms with van der Waals surface area (Å²) in [6.45, 7) is 1.44. The van der Waals surface area contributed by atoms with Crippen molar-refractivity contribution in [2.45, 2.75) is 13.0 Å². The Hall–Kier alpha value is -3.68. The van der Waals surface area contributed by atoms with Crippen molar-refractivity contribution >= 4 is 39.7 Å². The number of oxazole rings is 1. The zero-order valence-electron chi connectivity index (χ0n) is 15.9. The molecule has 0 N–H and O–H groups in total. The molecule has 0 bridgehead atoms. The highest BCUT2D eigenvalue weighted by Crippen LogP contribution is 2.31. The molecule has 2 aromatic carbocycles. The van der Waals surface area contributed by atoms with Gasteiger partial charge < -0.3 is 9.32 Å². The quantitative estimate of drug-likeness (QED) is 0.535. The third-order valence-corrected chi connectivity index (χ3v) is 5.23. The summed E-state index contributed by atoms with van der Waals surface area (Å²) in [5, 5.41) is 0. The molecule has 0 atom stereocenters. The van der Waals surface area contributed by atoms with Crippen molar-refractivity contribution in [2.75, 3.05) is 29.9 Å². The average Bonchev–Trinajstić information content (AvgIpc) is 3.06. The second kappa shape index (κ2) is 6.73. The number of nitrogens with zero attached hydrogens (tertiary/aromatic N) is 5. The van der Waals surface area contributed by atoms with Gasteiger partial charge in [-0.1, -0.05) is 24.3 Å². The van der Waals surface area contributed by atoms with Gasteiger partial charge in [0.25, 0.3) is 0 Å². The van der Waals surface area contributed by atoms with Crippen molar-refractivity contribution in [3.63, 3.8) is 0 Å². The van der Waals surface area contributed by atoms with Crippen molar-refractivity contribution in [2.24, 2.45) is 0 Å². The van der Waals surface area contributed by atoms with Crippen LogP contribution < -0.4 is 15.6 Å². The molecule has 29 heavy (non-hydrogen) atoms. The van der Waals surface area contributed by atoms with Gasteiger partial charge in [-0.25, -0.2) is 14.8 Å². The Bertz CT molecular complexity index is 1290. The molecule has 1 aliphatic heterocycles. The number of amides is 1. The van der Waals surface area contributed by atoms with Crippen LogP contribution in [0.25, 0.3) is 22.1 Å². The maximum absolute atomic E-state index is 13.0. The van der Waals surface area contributed by atoms with E-state index in [4.69, 9.17) is 14.4 Å². The van der Waals surface area contributed by atoms with Crippen molar-refractivity contribution in [3.05, 3.63) is 59.1 Å². The van der Waals surface area contributed by atoms with E-state index in [2.05, 4.69) is 0 Å². The topological polar surface area (TPSA) is 84.5 Å².